The normalized spacial score (nSPS) is 16.6. The van der Waals surface area contributed by atoms with Gasteiger partial charge in [0.25, 0.3) is 0 Å². The highest BCUT2D eigenvalue weighted by Gasteiger charge is 2.32. The van der Waals surface area contributed by atoms with Gasteiger partial charge in [-0.3, -0.25) is 4.79 Å². The third kappa shape index (κ3) is 6.35. The number of hydrogen-bond donors (Lipinski definition) is 1. The molecule has 4 heteroatoms. The van der Waals surface area contributed by atoms with E-state index in [0.717, 1.165) is 42.7 Å². The van der Waals surface area contributed by atoms with Crippen LogP contribution in [0.25, 0.3) is 0 Å². The minimum absolute atomic E-state index is 0.0611. The van der Waals surface area contributed by atoms with Gasteiger partial charge in [-0.05, 0) is 42.6 Å². The molecule has 1 amide bonds. The number of nitrogens with one attached hydrogen (secondary N) is 1. The number of unbranched alkanes of at least 4 members (excludes halogenated alkanes) is 6. The zero-order chi connectivity index (χ0) is 19.9. The van der Waals surface area contributed by atoms with Crippen LogP contribution in [0.1, 0.15) is 101 Å². The smallest absolute Gasteiger partial charge is 0.225 e. The number of nitriles is 1. The van der Waals surface area contributed by atoms with Crippen molar-refractivity contribution in [3.63, 3.8) is 0 Å². The van der Waals surface area contributed by atoms with E-state index in [1.54, 1.807) is 11.3 Å². The van der Waals surface area contributed by atoms with E-state index in [1.165, 1.54) is 42.5 Å². The Balaban J connectivity index is 1.87. The average Bonchev–Trinajstić information content (AvgIpc) is 2.96. The number of fused-ring (bicyclic) bond motifs is 1. The molecule has 3 nitrogen and oxygen atoms in total. The average molecular weight is 389 g/mol. The molecule has 1 atom stereocenters. The number of hydrogen-bond acceptors (Lipinski definition) is 3. The van der Waals surface area contributed by atoms with E-state index in [1.807, 2.05) is 0 Å². The molecule has 0 bridgehead atoms. The lowest BCUT2D eigenvalue weighted by Crippen LogP contribution is -2.26. The van der Waals surface area contributed by atoms with Crippen molar-refractivity contribution in [1.29, 1.82) is 5.26 Å². The topological polar surface area (TPSA) is 52.9 Å². The van der Waals surface area contributed by atoms with Crippen LogP contribution in [0.15, 0.2) is 0 Å². The Morgan fingerprint density at radius 1 is 1.19 bits per heavy atom. The molecule has 0 spiro atoms. The molecule has 1 heterocycles. The third-order valence-electron chi connectivity index (χ3n) is 5.86. The van der Waals surface area contributed by atoms with Crippen molar-refractivity contribution >= 4 is 22.2 Å². The van der Waals surface area contributed by atoms with Gasteiger partial charge >= 0.3 is 0 Å². The molecule has 150 valence electrons. The first-order chi connectivity index (χ1) is 12.9. The standard InChI is InChI=1S/C23H36N2OS/c1-5-6-7-8-9-10-11-12-21(26)25-22-19(16-24)18-14-13-17(23(2,3)4)15-20(18)27-22/h17H,5-15H2,1-4H3,(H,25,26)/t17-/m1/s1. The van der Waals surface area contributed by atoms with Crippen molar-refractivity contribution in [2.75, 3.05) is 5.32 Å². The van der Waals surface area contributed by atoms with Gasteiger partial charge in [-0.25, -0.2) is 0 Å². The van der Waals surface area contributed by atoms with Crippen LogP contribution in [0.4, 0.5) is 5.00 Å². The van der Waals surface area contributed by atoms with E-state index in [4.69, 9.17) is 0 Å². The van der Waals surface area contributed by atoms with Crippen LogP contribution < -0.4 is 5.32 Å². The van der Waals surface area contributed by atoms with Crippen molar-refractivity contribution in [3.05, 3.63) is 16.0 Å². The highest BCUT2D eigenvalue weighted by molar-refractivity contribution is 7.16. The molecule has 27 heavy (non-hydrogen) atoms. The molecule has 0 unspecified atom stereocenters. The summed E-state index contributed by atoms with van der Waals surface area (Å²) in [5.41, 5.74) is 2.19. The molecule has 0 aromatic carbocycles. The van der Waals surface area contributed by atoms with Gasteiger partial charge in [0, 0.05) is 11.3 Å². The maximum absolute atomic E-state index is 12.3. The summed E-state index contributed by atoms with van der Waals surface area (Å²) in [4.78, 5) is 13.6. The van der Waals surface area contributed by atoms with E-state index in [2.05, 4.69) is 39.1 Å². The van der Waals surface area contributed by atoms with Gasteiger partial charge in [-0.1, -0.05) is 66.2 Å². The number of carbonyl (C=O) groups excluding carboxylic acids is 1. The van der Waals surface area contributed by atoms with E-state index in [0.29, 0.717) is 12.3 Å². The number of carbonyl (C=O) groups is 1. The van der Waals surface area contributed by atoms with E-state index in [9.17, 15) is 10.1 Å². The summed E-state index contributed by atoms with van der Waals surface area (Å²) in [6.45, 7) is 9.12. The second kappa shape index (κ2) is 10.3. The number of amides is 1. The highest BCUT2D eigenvalue weighted by Crippen LogP contribution is 2.44. The second-order valence-corrected chi connectivity index (χ2v) is 10.2. The van der Waals surface area contributed by atoms with E-state index >= 15 is 0 Å². The number of rotatable bonds is 9. The molecule has 0 radical (unpaired) electrons. The Hall–Kier alpha value is -1.34. The van der Waals surface area contributed by atoms with Crippen LogP contribution in [0.5, 0.6) is 0 Å². The summed E-state index contributed by atoms with van der Waals surface area (Å²) in [5.74, 6) is 0.706. The first-order valence-electron chi connectivity index (χ1n) is 10.7. The molecule has 1 aromatic rings. The fourth-order valence-corrected chi connectivity index (χ4v) is 5.26. The number of nitrogens with zero attached hydrogens (tertiary/aromatic N) is 1. The van der Waals surface area contributed by atoms with Gasteiger partial charge in [-0.15, -0.1) is 11.3 Å². The second-order valence-electron chi connectivity index (χ2n) is 9.04. The minimum atomic E-state index is 0.0611. The molecule has 0 aliphatic heterocycles. The Morgan fingerprint density at radius 2 is 1.85 bits per heavy atom. The maximum Gasteiger partial charge on any atom is 0.225 e. The molecule has 0 fully saturated rings. The first kappa shape index (κ1) is 22.0. The zero-order valence-corrected chi connectivity index (χ0v) is 18.4. The summed E-state index contributed by atoms with van der Waals surface area (Å²) in [5, 5.41) is 13.4. The quantitative estimate of drug-likeness (QED) is 0.470. The van der Waals surface area contributed by atoms with Crippen LogP contribution in [-0.2, 0) is 17.6 Å². The molecule has 0 saturated heterocycles. The molecular formula is C23H36N2OS. The Labute approximate surface area is 169 Å². The van der Waals surface area contributed by atoms with Crippen molar-refractivity contribution in [3.8, 4) is 6.07 Å². The fourth-order valence-electron chi connectivity index (χ4n) is 3.96. The largest absolute Gasteiger partial charge is 0.317 e. The van der Waals surface area contributed by atoms with Gasteiger partial charge < -0.3 is 5.32 Å². The number of thiophene rings is 1. The van der Waals surface area contributed by atoms with Crippen LogP contribution in [0.3, 0.4) is 0 Å². The zero-order valence-electron chi connectivity index (χ0n) is 17.6. The summed E-state index contributed by atoms with van der Waals surface area (Å²) in [6.07, 6.45) is 12.1. The summed E-state index contributed by atoms with van der Waals surface area (Å²) in [6, 6.07) is 2.35. The summed E-state index contributed by atoms with van der Waals surface area (Å²) < 4.78 is 0. The van der Waals surface area contributed by atoms with Gasteiger partial charge in [-0.2, -0.15) is 5.26 Å². The summed E-state index contributed by atoms with van der Waals surface area (Å²) >= 11 is 1.63. The van der Waals surface area contributed by atoms with Crippen molar-refractivity contribution in [2.45, 2.75) is 98.3 Å². The Kier molecular flexibility index (Phi) is 8.35. The minimum Gasteiger partial charge on any atom is -0.317 e. The molecule has 1 aliphatic carbocycles. The lowest BCUT2D eigenvalue weighted by Gasteiger charge is -2.33. The number of anilines is 1. The van der Waals surface area contributed by atoms with Crippen LogP contribution in [0, 0.1) is 22.7 Å². The van der Waals surface area contributed by atoms with E-state index < -0.39 is 0 Å². The van der Waals surface area contributed by atoms with Crippen molar-refractivity contribution in [1.82, 2.24) is 0 Å². The Morgan fingerprint density at radius 3 is 2.48 bits per heavy atom. The third-order valence-corrected chi connectivity index (χ3v) is 7.03. The predicted molar refractivity (Wildman–Crippen MR) is 115 cm³/mol. The highest BCUT2D eigenvalue weighted by atomic mass is 32.1. The molecule has 1 N–H and O–H groups in total. The van der Waals surface area contributed by atoms with Crippen molar-refractivity contribution in [2.24, 2.45) is 11.3 Å². The maximum atomic E-state index is 12.3. The fraction of sp³-hybridized carbons (Fsp3) is 0.739. The predicted octanol–water partition coefficient (Wildman–Crippen LogP) is 6.85. The van der Waals surface area contributed by atoms with Crippen LogP contribution >= 0.6 is 11.3 Å². The van der Waals surface area contributed by atoms with Gasteiger partial charge in [0.15, 0.2) is 0 Å². The SMILES string of the molecule is CCCCCCCCCC(=O)Nc1sc2c(c1C#N)CC[C@@H](C(C)(C)C)C2. The van der Waals surface area contributed by atoms with E-state index in [-0.39, 0.29) is 11.3 Å². The first-order valence-corrected chi connectivity index (χ1v) is 11.5. The molecule has 0 saturated carbocycles. The van der Waals surface area contributed by atoms with Crippen LogP contribution in [0.2, 0.25) is 0 Å². The molecule has 1 aromatic heterocycles. The lowest BCUT2D eigenvalue weighted by molar-refractivity contribution is -0.116. The van der Waals surface area contributed by atoms with Crippen molar-refractivity contribution < 1.29 is 4.79 Å². The van der Waals surface area contributed by atoms with Crippen LogP contribution in [-0.4, -0.2) is 5.91 Å². The Bertz CT molecular complexity index is 663. The monoisotopic (exact) mass is 388 g/mol. The molecular weight excluding hydrogens is 352 g/mol. The lowest BCUT2D eigenvalue weighted by atomic mass is 9.72. The summed E-state index contributed by atoms with van der Waals surface area (Å²) in [7, 11) is 0. The van der Waals surface area contributed by atoms with Gasteiger partial charge in [0.1, 0.15) is 11.1 Å². The molecule has 2 rings (SSSR count). The molecule has 1 aliphatic rings. The van der Waals surface area contributed by atoms with Gasteiger partial charge in [0.2, 0.25) is 5.91 Å². The van der Waals surface area contributed by atoms with Gasteiger partial charge in [0.05, 0.1) is 5.56 Å².